The zero-order valence-electron chi connectivity index (χ0n) is 19.1. The van der Waals surface area contributed by atoms with Crippen LogP contribution in [0.2, 0.25) is 0 Å². The van der Waals surface area contributed by atoms with E-state index in [1.165, 1.54) is 23.5 Å². The van der Waals surface area contributed by atoms with E-state index in [9.17, 15) is 18.0 Å². The number of sulfonamides is 1. The standard InChI is InChI=1S/C22H35N3O5S/c1-6-16(4)20(22(27)23-15(2)3)24-21(26)17-11-13-25(14-12-17)31(28,29)19-9-7-18(30-5)8-10-19/h7-10,15-17,20H,6,11-14H2,1-5H3,(H,23,27)(H,24,26)/t16?,20-/m0/s1. The van der Waals surface area contributed by atoms with Crippen LogP contribution in [-0.4, -0.2) is 56.8 Å². The fraction of sp³-hybridized carbons (Fsp3) is 0.636. The second-order valence-corrected chi connectivity index (χ2v) is 10.3. The van der Waals surface area contributed by atoms with Gasteiger partial charge in [0.05, 0.1) is 12.0 Å². The van der Waals surface area contributed by atoms with E-state index in [2.05, 4.69) is 10.6 Å². The molecule has 9 heteroatoms. The van der Waals surface area contributed by atoms with Gasteiger partial charge in [-0.15, -0.1) is 0 Å². The van der Waals surface area contributed by atoms with Crippen LogP contribution in [-0.2, 0) is 19.6 Å². The summed E-state index contributed by atoms with van der Waals surface area (Å²) in [5.41, 5.74) is 0. The Labute approximate surface area is 185 Å². The highest BCUT2D eigenvalue weighted by atomic mass is 32.2. The molecule has 1 heterocycles. The lowest BCUT2D eigenvalue weighted by atomic mass is 9.94. The van der Waals surface area contributed by atoms with Crippen LogP contribution >= 0.6 is 0 Å². The van der Waals surface area contributed by atoms with Gasteiger partial charge in [-0.25, -0.2) is 8.42 Å². The average Bonchev–Trinajstić information content (AvgIpc) is 2.76. The number of piperidine rings is 1. The van der Waals surface area contributed by atoms with E-state index in [1.807, 2.05) is 27.7 Å². The van der Waals surface area contributed by atoms with E-state index < -0.39 is 16.1 Å². The Kier molecular flexibility index (Phi) is 8.88. The maximum absolute atomic E-state index is 12.9. The van der Waals surface area contributed by atoms with Crippen LogP contribution in [0.25, 0.3) is 0 Å². The van der Waals surface area contributed by atoms with Crippen LogP contribution in [0, 0.1) is 11.8 Å². The molecule has 0 spiro atoms. The quantitative estimate of drug-likeness (QED) is 0.596. The molecule has 174 valence electrons. The zero-order valence-corrected chi connectivity index (χ0v) is 19.9. The van der Waals surface area contributed by atoms with Crippen LogP contribution in [0.3, 0.4) is 0 Å². The highest BCUT2D eigenvalue weighted by Gasteiger charge is 2.34. The summed E-state index contributed by atoms with van der Waals surface area (Å²) in [4.78, 5) is 25.6. The summed E-state index contributed by atoms with van der Waals surface area (Å²) >= 11 is 0. The Morgan fingerprint density at radius 1 is 1.10 bits per heavy atom. The Hall–Kier alpha value is -2.13. The highest BCUT2D eigenvalue weighted by molar-refractivity contribution is 7.89. The Bertz CT molecular complexity index is 846. The van der Waals surface area contributed by atoms with Crippen LogP contribution in [0.5, 0.6) is 5.75 Å². The average molecular weight is 454 g/mol. The number of rotatable bonds is 9. The summed E-state index contributed by atoms with van der Waals surface area (Å²) in [6, 6.07) is 5.67. The molecule has 1 fully saturated rings. The molecule has 2 N–H and O–H groups in total. The Balaban J connectivity index is 2.00. The van der Waals surface area contributed by atoms with Crippen LogP contribution in [0.15, 0.2) is 29.2 Å². The molecule has 2 atom stereocenters. The molecule has 2 amide bonds. The third kappa shape index (κ3) is 6.43. The van der Waals surface area contributed by atoms with Gasteiger partial charge in [0.1, 0.15) is 11.8 Å². The van der Waals surface area contributed by atoms with Crippen molar-refractivity contribution in [3.05, 3.63) is 24.3 Å². The van der Waals surface area contributed by atoms with Gasteiger partial charge in [0.15, 0.2) is 0 Å². The summed E-state index contributed by atoms with van der Waals surface area (Å²) in [6.07, 6.45) is 1.59. The fourth-order valence-corrected chi connectivity index (χ4v) is 5.07. The maximum atomic E-state index is 12.9. The van der Waals surface area contributed by atoms with Gasteiger partial charge < -0.3 is 15.4 Å². The highest BCUT2D eigenvalue weighted by Crippen LogP contribution is 2.25. The molecule has 31 heavy (non-hydrogen) atoms. The SMILES string of the molecule is CCC(C)[C@H](NC(=O)C1CCN(S(=O)(=O)c2ccc(OC)cc2)CC1)C(=O)NC(C)C. The van der Waals surface area contributed by atoms with Crippen LogP contribution in [0.4, 0.5) is 0 Å². The Morgan fingerprint density at radius 3 is 2.16 bits per heavy atom. The van der Waals surface area contributed by atoms with Gasteiger partial charge in [-0.05, 0) is 56.9 Å². The van der Waals surface area contributed by atoms with E-state index in [0.29, 0.717) is 18.6 Å². The minimum absolute atomic E-state index is 0.00163. The number of carbonyl (C=O) groups is 2. The summed E-state index contributed by atoms with van der Waals surface area (Å²) < 4.78 is 32.3. The first-order chi connectivity index (χ1) is 14.6. The van der Waals surface area contributed by atoms with Crippen molar-refractivity contribution in [2.75, 3.05) is 20.2 Å². The number of carbonyl (C=O) groups excluding carboxylic acids is 2. The van der Waals surface area contributed by atoms with E-state index in [4.69, 9.17) is 4.74 Å². The van der Waals surface area contributed by atoms with Gasteiger partial charge in [-0.3, -0.25) is 9.59 Å². The number of benzene rings is 1. The summed E-state index contributed by atoms with van der Waals surface area (Å²) in [5, 5.41) is 5.78. The normalized spacial score (nSPS) is 17.7. The van der Waals surface area contributed by atoms with Gasteiger partial charge in [-0.1, -0.05) is 20.3 Å². The molecule has 1 aliphatic heterocycles. The van der Waals surface area contributed by atoms with Crippen molar-refractivity contribution in [2.24, 2.45) is 11.8 Å². The minimum Gasteiger partial charge on any atom is -0.497 e. The lowest BCUT2D eigenvalue weighted by molar-refractivity contribution is -0.133. The largest absolute Gasteiger partial charge is 0.497 e. The molecule has 0 aromatic heterocycles. The predicted octanol–water partition coefficient (Wildman–Crippen LogP) is 2.15. The third-order valence-electron chi connectivity index (χ3n) is 5.75. The summed E-state index contributed by atoms with van der Waals surface area (Å²) in [7, 11) is -2.10. The molecular weight excluding hydrogens is 418 g/mol. The van der Waals surface area contributed by atoms with Crippen molar-refractivity contribution in [1.82, 2.24) is 14.9 Å². The first-order valence-corrected chi connectivity index (χ1v) is 12.3. The van der Waals surface area contributed by atoms with Crippen molar-refractivity contribution in [1.29, 1.82) is 0 Å². The molecule has 1 aromatic carbocycles. The summed E-state index contributed by atoms with van der Waals surface area (Å²) in [6.45, 7) is 8.21. The van der Waals surface area contributed by atoms with Crippen molar-refractivity contribution >= 4 is 21.8 Å². The van der Waals surface area contributed by atoms with E-state index in [0.717, 1.165) is 6.42 Å². The van der Waals surface area contributed by atoms with Gasteiger partial charge in [0.2, 0.25) is 21.8 Å². The van der Waals surface area contributed by atoms with Gasteiger partial charge in [0, 0.05) is 25.0 Å². The molecule has 8 nitrogen and oxygen atoms in total. The first-order valence-electron chi connectivity index (χ1n) is 10.8. The molecule has 1 saturated heterocycles. The number of amides is 2. The molecule has 0 radical (unpaired) electrons. The van der Waals surface area contributed by atoms with Gasteiger partial charge in [-0.2, -0.15) is 4.31 Å². The first kappa shape index (κ1) is 25.1. The molecule has 1 unspecified atom stereocenters. The van der Waals surface area contributed by atoms with E-state index >= 15 is 0 Å². The Morgan fingerprint density at radius 2 is 1.68 bits per heavy atom. The number of ether oxygens (including phenoxy) is 1. The molecule has 0 bridgehead atoms. The monoisotopic (exact) mass is 453 g/mol. The van der Waals surface area contributed by atoms with Gasteiger partial charge in [0.25, 0.3) is 0 Å². The lowest BCUT2D eigenvalue weighted by Crippen LogP contribution is -2.54. The number of nitrogens with one attached hydrogen (secondary N) is 2. The second-order valence-electron chi connectivity index (χ2n) is 8.39. The lowest BCUT2D eigenvalue weighted by Gasteiger charge is -2.32. The molecule has 2 rings (SSSR count). The smallest absolute Gasteiger partial charge is 0.243 e. The number of hydrogen-bond acceptors (Lipinski definition) is 5. The predicted molar refractivity (Wildman–Crippen MR) is 119 cm³/mol. The molecular formula is C22H35N3O5S. The molecule has 1 aromatic rings. The van der Waals surface area contributed by atoms with E-state index in [-0.39, 0.29) is 47.7 Å². The van der Waals surface area contributed by atoms with Crippen LogP contribution in [0.1, 0.15) is 47.0 Å². The van der Waals surface area contributed by atoms with Crippen molar-refractivity contribution in [3.63, 3.8) is 0 Å². The number of nitrogens with zero attached hydrogens (tertiary/aromatic N) is 1. The topological polar surface area (TPSA) is 105 Å². The number of hydrogen-bond donors (Lipinski definition) is 2. The third-order valence-corrected chi connectivity index (χ3v) is 7.66. The number of methoxy groups -OCH3 is 1. The maximum Gasteiger partial charge on any atom is 0.243 e. The zero-order chi connectivity index (χ0) is 23.2. The molecule has 0 saturated carbocycles. The van der Waals surface area contributed by atoms with Crippen molar-refractivity contribution in [3.8, 4) is 5.75 Å². The van der Waals surface area contributed by atoms with Crippen molar-refractivity contribution < 1.29 is 22.7 Å². The molecule has 0 aliphatic carbocycles. The van der Waals surface area contributed by atoms with Crippen LogP contribution < -0.4 is 15.4 Å². The second kappa shape index (κ2) is 10.9. The van der Waals surface area contributed by atoms with Gasteiger partial charge >= 0.3 is 0 Å². The molecule has 1 aliphatic rings. The minimum atomic E-state index is -3.62. The fourth-order valence-electron chi connectivity index (χ4n) is 3.60. The summed E-state index contributed by atoms with van der Waals surface area (Å²) in [5.74, 6) is -0.103. The van der Waals surface area contributed by atoms with E-state index in [1.54, 1.807) is 12.1 Å². The van der Waals surface area contributed by atoms with Crippen molar-refractivity contribution in [2.45, 2.75) is 63.9 Å².